The number of nitrogens with zero attached hydrogens (tertiary/aromatic N) is 1. The summed E-state index contributed by atoms with van der Waals surface area (Å²) in [4.78, 5) is 4.86. The van der Waals surface area contributed by atoms with Crippen LogP contribution in [0.4, 0.5) is 5.69 Å². The van der Waals surface area contributed by atoms with E-state index in [0.717, 1.165) is 10.9 Å². The van der Waals surface area contributed by atoms with E-state index >= 15 is 0 Å². The van der Waals surface area contributed by atoms with Gasteiger partial charge in [0.25, 0.3) is 0 Å². The Labute approximate surface area is 141 Å². The van der Waals surface area contributed by atoms with Crippen LogP contribution in [0.25, 0.3) is 0 Å². The minimum Gasteiger partial charge on any atom is -0.335 e. The number of amidine groups is 1. The predicted octanol–water partition coefficient (Wildman–Crippen LogP) is 6.09. The first kappa shape index (κ1) is 17.0. The van der Waals surface area contributed by atoms with Crippen LogP contribution in [0.1, 0.15) is 39.0 Å². The van der Waals surface area contributed by atoms with Gasteiger partial charge >= 0.3 is 0 Å². The summed E-state index contributed by atoms with van der Waals surface area (Å²) >= 11 is 13.7. The highest BCUT2D eigenvalue weighted by Gasteiger charge is 2.20. The Balaban J connectivity index is 2.05. The number of hydrogen-bond donors (Lipinski definition) is 1. The van der Waals surface area contributed by atoms with E-state index in [2.05, 4.69) is 12.2 Å². The van der Waals surface area contributed by atoms with Crippen molar-refractivity contribution >= 4 is 45.8 Å². The molecule has 0 saturated heterocycles. The smallest absolute Gasteiger partial charge is 0.161 e. The summed E-state index contributed by atoms with van der Waals surface area (Å²) in [5.41, 5.74) is 0.886. The lowest BCUT2D eigenvalue weighted by molar-refractivity contribution is 0.318. The van der Waals surface area contributed by atoms with Crippen LogP contribution in [0.5, 0.6) is 0 Å². The van der Waals surface area contributed by atoms with Gasteiger partial charge in [0.2, 0.25) is 0 Å². The second-order valence-electron chi connectivity index (χ2n) is 5.56. The zero-order valence-electron chi connectivity index (χ0n) is 12.5. The van der Waals surface area contributed by atoms with E-state index in [1.807, 2.05) is 18.4 Å². The molecule has 116 valence electrons. The van der Waals surface area contributed by atoms with E-state index in [1.54, 1.807) is 17.8 Å². The van der Waals surface area contributed by atoms with Crippen molar-refractivity contribution in [2.75, 3.05) is 11.6 Å². The number of aliphatic imine (C=N–C) groups is 1. The van der Waals surface area contributed by atoms with E-state index < -0.39 is 0 Å². The minimum absolute atomic E-state index is 0.356. The van der Waals surface area contributed by atoms with Crippen molar-refractivity contribution in [1.29, 1.82) is 0 Å². The zero-order valence-corrected chi connectivity index (χ0v) is 14.9. The van der Waals surface area contributed by atoms with Crippen molar-refractivity contribution in [3.8, 4) is 0 Å². The van der Waals surface area contributed by atoms with Gasteiger partial charge in [0.1, 0.15) is 0 Å². The maximum absolute atomic E-state index is 6.03. The fourth-order valence-corrected chi connectivity index (χ4v) is 3.81. The molecular formula is C16H22Cl2N2S. The van der Waals surface area contributed by atoms with Gasteiger partial charge in [-0.1, -0.05) is 54.2 Å². The van der Waals surface area contributed by atoms with Gasteiger partial charge < -0.3 is 5.32 Å². The number of thioether (sulfide) groups is 1. The van der Waals surface area contributed by atoms with Gasteiger partial charge in [0.15, 0.2) is 5.17 Å². The van der Waals surface area contributed by atoms with Crippen molar-refractivity contribution in [1.82, 2.24) is 0 Å². The molecule has 1 aliphatic carbocycles. The van der Waals surface area contributed by atoms with Gasteiger partial charge in [-0.05, 0) is 50.1 Å². The Morgan fingerprint density at radius 1 is 1.19 bits per heavy atom. The SMILES string of the molecule is CSC(=N[C@@H](C)C1CCCCC1)Nc1cc(Cl)cc(Cl)c1. The predicted molar refractivity (Wildman–Crippen MR) is 97.1 cm³/mol. The zero-order chi connectivity index (χ0) is 15.2. The fourth-order valence-electron chi connectivity index (χ4n) is 2.79. The molecule has 0 aliphatic heterocycles. The molecule has 21 heavy (non-hydrogen) atoms. The van der Waals surface area contributed by atoms with Crippen LogP contribution < -0.4 is 5.32 Å². The highest BCUT2D eigenvalue weighted by Crippen LogP contribution is 2.29. The number of halogens is 2. The lowest BCUT2D eigenvalue weighted by atomic mass is 9.85. The Morgan fingerprint density at radius 2 is 1.81 bits per heavy atom. The minimum atomic E-state index is 0.356. The average Bonchev–Trinajstić information content (AvgIpc) is 2.46. The van der Waals surface area contributed by atoms with Gasteiger partial charge in [-0.2, -0.15) is 0 Å². The third-order valence-electron chi connectivity index (χ3n) is 3.96. The first-order valence-electron chi connectivity index (χ1n) is 7.43. The van der Waals surface area contributed by atoms with Gasteiger partial charge in [-0.3, -0.25) is 4.99 Å². The maximum Gasteiger partial charge on any atom is 0.161 e. The topological polar surface area (TPSA) is 24.4 Å². The second kappa shape index (κ2) is 8.30. The molecule has 2 nitrogen and oxygen atoms in total. The summed E-state index contributed by atoms with van der Waals surface area (Å²) < 4.78 is 0. The standard InChI is InChI=1S/C16H22Cl2N2S/c1-11(12-6-4-3-5-7-12)19-16(21-2)20-15-9-13(17)8-14(18)10-15/h8-12H,3-7H2,1-2H3,(H,19,20)/t11-/m0/s1. The second-order valence-corrected chi connectivity index (χ2v) is 7.23. The lowest BCUT2D eigenvalue weighted by Gasteiger charge is -2.25. The summed E-state index contributed by atoms with van der Waals surface area (Å²) in [6, 6.07) is 5.82. The van der Waals surface area contributed by atoms with E-state index in [4.69, 9.17) is 28.2 Å². The van der Waals surface area contributed by atoms with E-state index in [9.17, 15) is 0 Å². The van der Waals surface area contributed by atoms with Crippen LogP contribution in [0, 0.1) is 5.92 Å². The summed E-state index contributed by atoms with van der Waals surface area (Å²) in [6.45, 7) is 2.22. The van der Waals surface area contributed by atoms with Crippen molar-refractivity contribution in [3.05, 3.63) is 28.2 Å². The van der Waals surface area contributed by atoms with Gasteiger partial charge in [-0.25, -0.2) is 0 Å². The summed E-state index contributed by atoms with van der Waals surface area (Å²) in [5.74, 6) is 0.714. The van der Waals surface area contributed by atoms with Crippen LogP contribution in [0.2, 0.25) is 10.0 Å². The maximum atomic E-state index is 6.03. The molecule has 1 saturated carbocycles. The Hall–Kier alpha value is -0.380. The van der Waals surface area contributed by atoms with Crippen molar-refractivity contribution < 1.29 is 0 Å². The van der Waals surface area contributed by atoms with Crippen molar-refractivity contribution in [2.24, 2.45) is 10.9 Å². The number of rotatable bonds is 3. The average molecular weight is 345 g/mol. The highest BCUT2D eigenvalue weighted by atomic mass is 35.5. The normalized spacial score (nSPS) is 18.6. The molecule has 2 rings (SSSR count). The Bertz CT molecular complexity index is 479. The molecule has 1 aliphatic rings. The van der Waals surface area contributed by atoms with E-state index in [0.29, 0.717) is 22.0 Å². The van der Waals surface area contributed by atoms with Crippen LogP contribution in [0.15, 0.2) is 23.2 Å². The van der Waals surface area contributed by atoms with Gasteiger partial charge in [0.05, 0.1) is 6.04 Å². The molecule has 1 atom stereocenters. The van der Waals surface area contributed by atoms with E-state index in [1.165, 1.54) is 32.1 Å². The Morgan fingerprint density at radius 3 is 2.38 bits per heavy atom. The molecule has 1 aromatic carbocycles. The van der Waals surface area contributed by atoms with E-state index in [-0.39, 0.29) is 0 Å². The third kappa shape index (κ3) is 5.39. The first-order valence-corrected chi connectivity index (χ1v) is 9.41. The molecule has 1 aromatic rings. The molecule has 0 bridgehead atoms. The van der Waals surface area contributed by atoms with Crippen LogP contribution >= 0.6 is 35.0 Å². The quantitative estimate of drug-likeness (QED) is 0.529. The largest absolute Gasteiger partial charge is 0.335 e. The molecule has 5 heteroatoms. The number of nitrogens with one attached hydrogen (secondary N) is 1. The number of benzene rings is 1. The molecule has 0 heterocycles. The highest BCUT2D eigenvalue weighted by molar-refractivity contribution is 8.13. The summed E-state index contributed by atoms with van der Waals surface area (Å²) in [6.07, 6.45) is 8.70. The molecule has 1 fully saturated rings. The number of anilines is 1. The lowest BCUT2D eigenvalue weighted by Crippen LogP contribution is -2.21. The third-order valence-corrected chi connectivity index (χ3v) is 4.99. The first-order chi connectivity index (χ1) is 10.1. The molecule has 0 spiro atoms. The fraction of sp³-hybridized carbons (Fsp3) is 0.562. The van der Waals surface area contributed by atoms with Gasteiger partial charge in [-0.15, -0.1) is 0 Å². The molecule has 1 N–H and O–H groups in total. The van der Waals surface area contributed by atoms with Gasteiger partial charge in [0, 0.05) is 15.7 Å². The monoisotopic (exact) mass is 344 g/mol. The van der Waals surface area contributed by atoms with Crippen LogP contribution in [0.3, 0.4) is 0 Å². The van der Waals surface area contributed by atoms with Crippen LogP contribution in [-0.4, -0.2) is 17.5 Å². The Kier molecular flexibility index (Phi) is 6.72. The van der Waals surface area contributed by atoms with Crippen LogP contribution in [-0.2, 0) is 0 Å². The molecule has 0 unspecified atom stereocenters. The molecular weight excluding hydrogens is 323 g/mol. The molecule has 0 aromatic heterocycles. The van der Waals surface area contributed by atoms with Crippen molar-refractivity contribution in [3.63, 3.8) is 0 Å². The molecule has 0 radical (unpaired) electrons. The van der Waals surface area contributed by atoms with Crippen molar-refractivity contribution in [2.45, 2.75) is 45.1 Å². The summed E-state index contributed by atoms with van der Waals surface area (Å²) in [7, 11) is 0. The number of hydrogen-bond acceptors (Lipinski definition) is 2. The summed E-state index contributed by atoms with van der Waals surface area (Å²) in [5, 5.41) is 5.51. The molecule has 0 amide bonds.